The fourth-order valence-corrected chi connectivity index (χ4v) is 2.84. The number of hydrogen-bond acceptors (Lipinski definition) is 3. The summed E-state index contributed by atoms with van der Waals surface area (Å²) >= 11 is 0. The molecule has 3 rings (SSSR count). The molecule has 1 atom stereocenters. The summed E-state index contributed by atoms with van der Waals surface area (Å²) in [5, 5.41) is 3.03. The number of carbonyl (C=O) groups is 1. The van der Waals surface area contributed by atoms with Crippen molar-refractivity contribution in [3.8, 4) is 5.69 Å². The molecule has 0 radical (unpaired) electrons. The lowest BCUT2D eigenvalue weighted by molar-refractivity contribution is -0.118. The summed E-state index contributed by atoms with van der Waals surface area (Å²) in [4.78, 5) is 24.9. The summed E-state index contributed by atoms with van der Waals surface area (Å²) in [6.07, 6.45) is 0. The third-order valence-corrected chi connectivity index (χ3v) is 4.26. The monoisotopic (exact) mass is 336 g/mol. The zero-order valence-corrected chi connectivity index (χ0v) is 14.1. The van der Waals surface area contributed by atoms with Gasteiger partial charge in [0, 0.05) is 7.05 Å². The first-order chi connectivity index (χ1) is 12.0. The molecule has 0 aliphatic heterocycles. The maximum absolute atomic E-state index is 12.9. The molecule has 0 aliphatic carbocycles. The first kappa shape index (κ1) is 16.6. The van der Waals surface area contributed by atoms with Gasteiger partial charge in [0.1, 0.15) is 11.7 Å². The average molecular weight is 336 g/mol. The molecule has 0 bridgehead atoms. The maximum atomic E-state index is 12.9. The number of hydrogen-bond donors (Lipinski definition) is 2. The third-order valence-electron chi connectivity index (χ3n) is 4.26. The molecule has 0 aliphatic rings. The van der Waals surface area contributed by atoms with Gasteiger partial charge in [-0.1, -0.05) is 48.5 Å². The molecule has 0 saturated heterocycles. The Labute approximate surface area is 145 Å². The summed E-state index contributed by atoms with van der Waals surface area (Å²) in [7, 11) is 1.80. The van der Waals surface area contributed by atoms with Crippen molar-refractivity contribution in [1.82, 2.24) is 9.36 Å². The maximum Gasteiger partial charge on any atom is 0.295 e. The van der Waals surface area contributed by atoms with E-state index in [1.165, 1.54) is 0 Å². The standard InChI is InChI=1S/C19H20N4O2/c1-13-16(21-17(18(20)24)14-9-5-3-6-10-14)19(25)23(22(13)2)15-11-7-4-8-12-15/h3-12,17,21H,1-2H3,(H2,20,24). The van der Waals surface area contributed by atoms with Crippen LogP contribution in [0.4, 0.5) is 5.69 Å². The Kier molecular flexibility index (Phi) is 4.43. The van der Waals surface area contributed by atoms with Gasteiger partial charge in [0.15, 0.2) is 0 Å². The van der Waals surface area contributed by atoms with Gasteiger partial charge in [-0.2, -0.15) is 0 Å². The second-order valence-corrected chi connectivity index (χ2v) is 5.83. The van der Waals surface area contributed by atoms with Crippen LogP contribution < -0.4 is 16.6 Å². The molecule has 6 nitrogen and oxygen atoms in total. The Morgan fingerprint density at radius 2 is 1.60 bits per heavy atom. The van der Waals surface area contributed by atoms with Gasteiger partial charge < -0.3 is 11.1 Å². The SMILES string of the molecule is Cc1c(NC(C(N)=O)c2ccccc2)c(=O)n(-c2ccccc2)n1C. The van der Waals surface area contributed by atoms with Crippen LogP contribution in [0.3, 0.4) is 0 Å². The smallest absolute Gasteiger partial charge is 0.295 e. The summed E-state index contributed by atoms with van der Waals surface area (Å²) in [6.45, 7) is 1.83. The van der Waals surface area contributed by atoms with E-state index in [-0.39, 0.29) is 5.56 Å². The average Bonchev–Trinajstić information content (AvgIpc) is 2.83. The lowest BCUT2D eigenvalue weighted by atomic mass is 10.1. The molecule has 25 heavy (non-hydrogen) atoms. The van der Waals surface area contributed by atoms with E-state index in [1.54, 1.807) is 28.5 Å². The van der Waals surface area contributed by atoms with Crippen molar-refractivity contribution in [2.45, 2.75) is 13.0 Å². The Hall–Kier alpha value is -3.28. The van der Waals surface area contributed by atoms with Crippen LogP contribution >= 0.6 is 0 Å². The van der Waals surface area contributed by atoms with Gasteiger partial charge >= 0.3 is 0 Å². The lowest BCUT2D eigenvalue weighted by Crippen LogP contribution is -2.30. The number of para-hydroxylation sites is 1. The number of rotatable bonds is 5. The van der Waals surface area contributed by atoms with E-state index >= 15 is 0 Å². The molecule has 3 aromatic rings. The zero-order valence-electron chi connectivity index (χ0n) is 14.1. The van der Waals surface area contributed by atoms with Crippen LogP contribution in [0.2, 0.25) is 0 Å². The van der Waals surface area contributed by atoms with Crippen LogP contribution in [-0.4, -0.2) is 15.3 Å². The molecule has 6 heteroatoms. The van der Waals surface area contributed by atoms with E-state index < -0.39 is 11.9 Å². The highest BCUT2D eigenvalue weighted by atomic mass is 16.2. The minimum Gasteiger partial charge on any atom is -0.368 e. The highest BCUT2D eigenvalue weighted by Crippen LogP contribution is 2.21. The van der Waals surface area contributed by atoms with E-state index in [2.05, 4.69) is 5.32 Å². The molecule has 1 amide bonds. The second-order valence-electron chi connectivity index (χ2n) is 5.83. The number of nitrogens with one attached hydrogen (secondary N) is 1. The fourth-order valence-electron chi connectivity index (χ4n) is 2.84. The van der Waals surface area contributed by atoms with Gasteiger partial charge in [-0.15, -0.1) is 0 Å². The van der Waals surface area contributed by atoms with Crippen molar-refractivity contribution in [3.63, 3.8) is 0 Å². The molecule has 0 saturated carbocycles. The number of amides is 1. The Balaban J connectivity index is 2.06. The molecule has 1 heterocycles. The van der Waals surface area contributed by atoms with Crippen LogP contribution in [-0.2, 0) is 11.8 Å². The van der Waals surface area contributed by atoms with Gasteiger partial charge in [-0.05, 0) is 24.6 Å². The first-order valence-corrected chi connectivity index (χ1v) is 7.95. The number of primary amides is 1. The van der Waals surface area contributed by atoms with Crippen molar-refractivity contribution in [2.24, 2.45) is 12.8 Å². The minimum absolute atomic E-state index is 0.228. The number of anilines is 1. The van der Waals surface area contributed by atoms with Crippen LogP contribution in [0.5, 0.6) is 0 Å². The molecular weight excluding hydrogens is 316 g/mol. The number of nitrogens with zero attached hydrogens (tertiary/aromatic N) is 2. The number of aromatic nitrogens is 2. The highest BCUT2D eigenvalue weighted by molar-refractivity contribution is 5.84. The topological polar surface area (TPSA) is 82.1 Å². The summed E-state index contributed by atoms with van der Waals surface area (Å²) < 4.78 is 3.31. The van der Waals surface area contributed by atoms with Gasteiger partial charge in [-0.3, -0.25) is 14.3 Å². The molecule has 1 unspecified atom stereocenters. The Morgan fingerprint density at radius 1 is 1.04 bits per heavy atom. The molecule has 3 N–H and O–H groups in total. The van der Waals surface area contributed by atoms with E-state index in [4.69, 9.17) is 5.73 Å². The van der Waals surface area contributed by atoms with Crippen molar-refractivity contribution in [1.29, 1.82) is 0 Å². The summed E-state index contributed by atoms with van der Waals surface area (Å²) in [5.41, 5.74) is 7.87. The normalized spacial score (nSPS) is 11.9. The molecule has 0 fully saturated rings. The summed E-state index contributed by atoms with van der Waals surface area (Å²) in [6, 6.07) is 17.7. The summed E-state index contributed by atoms with van der Waals surface area (Å²) in [5.74, 6) is -0.542. The van der Waals surface area contributed by atoms with Crippen molar-refractivity contribution >= 4 is 11.6 Å². The van der Waals surface area contributed by atoms with Crippen LogP contribution in [0.1, 0.15) is 17.3 Å². The van der Waals surface area contributed by atoms with E-state index in [1.807, 2.05) is 55.5 Å². The first-order valence-electron chi connectivity index (χ1n) is 7.95. The van der Waals surface area contributed by atoms with Crippen LogP contribution in [0.25, 0.3) is 5.69 Å². The van der Waals surface area contributed by atoms with Gasteiger partial charge in [0.2, 0.25) is 5.91 Å². The largest absolute Gasteiger partial charge is 0.368 e. The van der Waals surface area contributed by atoms with Crippen molar-refractivity contribution in [2.75, 3.05) is 5.32 Å². The zero-order chi connectivity index (χ0) is 18.0. The predicted octanol–water partition coefficient (Wildman–Crippen LogP) is 2.12. The number of nitrogens with two attached hydrogens (primary N) is 1. The van der Waals surface area contributed by atoms with Gasteiger partial charge in [0.25, 0.3) is 5.56 Å². The number of carbonyl (C=O) groups excluding carboxylic acids is 1. The predicted molar refractivity (Wildman–Crippen MR) is 97.7 cm³/mol. The fraction of sp³-hybridized carbons (Fsp3) is 0.158. The molecule has 1 aromatic heterocycles. The van der Waals surface area contributed by atoms with Gasteiger partial charge in [-0.25, -0.2) is 4.68 Å². The van der Waals surface area contributed by atoms with Crippen molar-refractivity contribution < 1.29 is 4.79 Å². The van der Waals surface area contributed by atoms with Crippen LogP contribution in [0.15, 0.2) is 65.5 Å². The van der Waals surface area contributed by atoms with E-state index in [0.717, 1.165) is 11.4 Å². The molecular formula is C19H20N4O2. The molecule has 0 spiro atoms. The lowest BCUT2D eigenvalue weighted by Gasteiger charge is -2.16. The van der Waals surface area contributed by atoms with Gasteiger partial charge in [0.05, 0.1) is 11.4 Å². The molecule has 128 valence electrons. The van der Waals surface area contributed by atoms with E-state index in [0.29, 0.717) is 11.3 Å². The minimum atomic E-state index is -0.778. The molecule has 2 aromatic carbocycles. The second kappa shape index (κ2) is 6.68. The Bertz CT molecular complexity index is 943. The third kappa shape index (κ3) is 3.06. The van der Waals surface area contributed by atoms with Crippen LogP contribution in [0, 0.1) is 6.92 Å². The Morgan fingerprint density at radius 3 is 2.16 bits per heavy atom. The van der Waals surface area contributed by atoms with Crippen molar-refractivity contribution in [3.05, 3.63) is 82.3 Å². The quantitative estimate of drug-likeness (QED) is 0.749. The van der Waals surface area contributed by atoms with E-state index in [9.17, 15) is 9.59 Å². The number of benzene rings is 2. The highest BCUT2D eigenvalue weighted by Gasteiger charge is 2.23.